The standard InChI is InChI=1S/C18H18ClN3O4S2/c19-15-8-9-17(27-15)28(25,26)22-10-4-3-7-14(22)18(24)21-11-16(23)20-12-5-1-2-6-13(12)21/h1-2,5-6,8-9,14H,3-4,7,10-11H2,(H,20,23). The van der Waals surface area contributed by atoms with Crippen LogP contribution in [0.4, 0.5) is 11.4 Å². The summed E-state index contributed by atoms with van der Waals surface area (Å²) < 4.78 is 28.0. The van der Waals surface area contributed by atoms with E-state index in [1.165, 1.54) is 21.3 Å². The van der Waals surface area contributed by atoms with Gasteiger partial charge in [0.25, 0.3) is 10.0 Å². The Kier molecular flexibility index (Phi) is 5.17. The van der Waals surface area contributed by atoms with Crippen LogP contribution >= 0.6 is 22.9 Å². The molecule has 1 fully saturated rings. The van der Waals surface area contributed by atoms with Crippen molar-refractivity contribution in [2.45, 2.75) is 29.5 Å². The van der Waals surface area contributed by atoms with Crippen molar-refractivity contribution in [3.8, 4) is 0 Å². The average Bonchev–Trinajstić information content (AvgIpc) is 3.14. The molecule has 148 valence electrons. The molecule has 1 N–H and O–H groups in total. The summed E-state index contributed by atoms with van der Waals surface area (Å²) in [6.45, 7) is 0.126. The van der Waals surface area contributed by atoms with Gasteiger partial charge < -0.3 is 5.32 Å². The number of nitrogens with zero attached hydrogens (tertiary/aromatic N) is 2. The number of fused-ring (bicyclic) bond motifs is 1. The predicted octanol–water partition coefficient (Wildman–Crippen LogP) is 2.93. The molecule has 7 nitrogen and oxygen atoms in total. The lowest BCUT2D eigenvalue weighted by molar-refractivity contribution is -0.125. The highest BCUT2D eigenvalue weighted by atomic mass is 35.5. The van der Waals surface area contributed by atoms with E-state index in [0.29, 0.717) is 28.6 Å². The third kappa shape index (κ3) is 3.43. The van der Waals surface area contributed by atoms with E-state index in [1.54, 1.807) is 24.3 Å². The minimum absolute atomic E-state index is 0.119. The Balaban J connectivity index is 1.69. The van der Waals surface area contributed by atoms with Crippen molar-refractivity contribution in [2.75, 3.05) is 23.3 Å². The molecular weight excluding hydrogens is 422 g/mol. The molecule has 2 amide bonds. The van der Waals surface area contributed by atoms with Gasteiger partial charge in [0.2, 0.25) is 11.8 Å². The molecule has 2 aliphatic heterocycles. The monoisotopic (exact) mass is 439 g/mol. The second kappa shape index (κ2) is 7.47. The summed E-state index contributed by atoms with van der Waals surface area (Å²) in [6.07, 6.45) is 1.84. The van der Waals surface area contributed by atoms with Crippen molar-refractivity contribution < 1.29 is 18.0 Å². The predicted molar refractivity (Wildman–Crippen MR) is 108 cm³/mol. The molecule has 28 heavy (non-hydrogen) atoms. The number of carbonyl (C=O) groups excluding carboxylic acids is 2. The lowest BCUT2D eigenvalue weighted by Crippen LogP contribution is -2.55. The van der Waals surface area contributed by atoms with E-state index in [1.807, 2.05) is 0 Å². The Morgan fingerprint density at radius 2 is 1.96 bits per heavy atom. The number of thiophene rings is 1. The van der Waals surface area contributed by atoms with Crippen LogP contribution in [0.2, 0.25) is 4.34 Å². The number of carbonyl (C=O) groups is 2. The molecule has 0 aliphatic carbocycles. The van der Waals surface area contributed by atoms with Crippen molar-refractivity contribution in [2.24, 2.45) is 0 Å². The SMILES string of the molecule is O=C1CN(C(=O)C2CCCCN2S(=O)(=O)c2ccc(Cl)s2)c2ccccc2N1. The van der Waals surface area contributed by atoms with Gasteiger partial charge in [-0.1, -0.05) is 30.2 Å². The quantitative estimate of drug-likeness (QED) is 0.796. The first kappa shape index (κ1) is 19.4. The summed E-state index contributed by atoms with van der Waals surface area (Å²) in [5.74, 6) is -0.685. The van der Waals surface area contributed by atoms with E-state index in [9.17, 15) is 18.0 Å². The molecule has 1 unspecified atom stereocenters. The molecule has 2 aromatic rings. The largest absolute Gasteiger partial charge is 0.323 e. The third-order valence-corrected chi connectivity index (χ3v) is 8.49. The molecule has 2 aliphatic rings. The lowest BCUT2D eigenvalue weighted by atomic mass is 10.0. The summed E-state index contributed by atoms with van der Waals surface area (Å²) in [7, 11) is -3.85. The zero-order chi connectivity index (χ0) is 19.9. The van der Waals surface area contributed by atoms with Crippen molar-refractivity contribution in [1.82, 2.24) is 4.31 Å². The molecule has 3 heterocycles. The van der Waals surface area contributed by atoms with Crippen LogP contribution in [0.25, 0.3) is 0 Å². The van der Waals surface area contributed by atoms with Gasteiger partial charge in [-0.05, 0) is 37.1 Å². The Bertz CT molecular complexity index is 1040. The third-order valence-electron chi connectivity index (χ3n) is 4.89. The molecule has 0 saturated carbocycles. The molecule has 1 saturated heterocycles. The molecule has 1 atom stereocenters. The van der Waals surface area contributed by atoms with Gasteiger partial charge in [0.15, 0.2) is 0 Å². The number of rotatable bonds is 3. The normalized spacial score (nSPS) is 20.5. The van der Waals surface area contributed by atoms with Crippen LogP contribution in [-0.4, -0.2) is 43.7 Å². The summed E-state index contributed by atoms with van der Waals surface area (Å²) in [5.41, 5.74) is 1.12. The van der Waals surface area contributed by atoms with Crippen molar-refractivity contribution in [3.63, 3.8) is 0 Å². The van der Waals surface area contributed by atoms with Crippen LogP contribution in [0.5, 0.6) is 0 Å². The van der Waals surface area contributed by atoms with E-state index in [0.717, 1.165) is 17.8 Å². The number of piperidine rings is 1. The number of amides is 2. The molecule has 1 aromatic heterocycles. The fraction of sp³-hybridized carbons (Fsp3) is 0.333. The van der Waals surface area contributed by atoms with Gasteiger partial charge in [-0.15, -0.1) is 11.3 Å². The van der Waals surface area contributed by atoms with Gasteiger partial charge in [-0.2, -0.15) is 4.31 Å². The van der Waals surface area contributed by atoms with E-state index in [-0.39, 0.29) is 29.1 Å². The smallest absolute Gasteiger partial charge is 0.253 e. The minimum Gasteiger partial charge on any atom is -0.323 e. The van der Waals surface area contributed by atoms with Crippen LogP contribution in [0.1, 0.15) is 19.3 Å². The van der Waals surface area contributed by atoms with Crippen molar-refractivity contribution in [1.29, 1.82) is 0 Å². The highest BCUT2D eigenvalue weighted by molar-refractivity contribution is 7.91. The number of halogens is 1. The minimum atomic E-state index is -3.85. The van der Waals surface area contributed by atoms with Gasteiger partial charge in [-0.25, -0.2) is 8.42 Å². The summed E-state index contributed by atoms with van der Waals surface area (Å²) >= 11 is 6.89. The number of benzene rings is 1. The van der Waals surface area contributed by atoms with E-state index >= 15 is 0 Å². The second-order valence-corrected chi connectivity index (χ2v) is 10.5. The van der Waals surface area contributed by atoms with Gasteiger partial charge in [0.05, 0.1) is 15.7 Å². The van der Waals surface area contributed by atoms with Gasteiger partial charge in [0, 0.05) is 6.54 Å². The molecule has 1 aromatic carbocycles. The summed E-state index contributed by atoms with van der Waals surface area (Å²) in [6, 6.07) is 9.15. The first-order chi connectivity index (χ1) is 13.4. The fourth-order valence-electron chi connectivity index (χ4n) is 3.60. The van der Waals surface area contributed by atoms with Crippen LogP contribution in [0.15, 0.2) is 40.6 Å². The highest BCUT2D eigenvalue weighted by Crippen LogP contribution is 2.34. The number of nitrogens with one attached hydrogen (secondary N) is 1. The van der Waals surface area contributed by atoms with Gasteiger partial charge in [0.1, 0.15) is 16.8 Å². The Hall–Kier alpha value is -1.94. The van der Waals surface area contributed by atoms with Crippen LogP contribution in [-0.2, 0) is 19.6 Å². The van der Waals surface area contributed by atoms with Crippen LogP contribution in [0.3, 0.4) is 0 Å². The summed E-state index contributed by atoms with van der Waals surface area (Å²) in [4.78, 5) is 26.8. The zero-order valence-corrected chi connectivity index (χ0v) is 17.2. The Labute approximate surface area is 171 Å². The number of para-hydroxylation sites is 2. The zero-order valence-electron chi connectivity index (χ0n) is 14.8. The van der Waals surface area contributed by atoms with Crippen LogP contribution < -0.4 is 10.2 Å². The second-order valence-electron chi connectivity index (χ2n) is 6.68. The number of sulfonamides is 1. The Morgan fingerprint density at radius 1 is 1.18 bits per heavy atom. The molecule has 4 rings (SSSR count). The van der Waals surface area contributed by atoms with Gasteiger partial charge >= 0.3 is 0 Å². The lowest BCUT2D eigenvalue weighted by Gasteiger charge is -2.38. The first-order valence-electron chi connectivity index (χ1n) is 8.85. The average molecular weight is 440 g/mol. The van der Waals surface area contributed by atoms with Crippen molar-refractivity contribution in [3.05, 3.63) is 40.7 Å². The Morgan fingerprint density at radius 3 is 2.71 bits per heavy atom. The van der Waals surface area contributed by atoms with Crippen molar-refractivity contribution >= 4 is 56.2 Å². The van der Waals surface area contributed by atoms with Crippen LogP contribution in [0, 0.1) is 0 Å². The fourth-order valence-corrected chi connectivity index (χ4v) is 6.86. The number of anilines is 2. The van der Waals surface area contributed by atoms with E-state index in [2.05, 4.69) is 5.32 Å². The number of hydrogen-bond acceptors (Lipinski definition) is 5. The molecule has 0 spiro atoms. The number of hydrogen-bond donors (Lipinski definition) is 1. The van der Waals surface area contributed by atoms with E-state index in [4.69, 9.17) is 11.6 Å². The topological polar surface area (TPSA) is 86.8 Å². The highest BCUT2D eigenvalue weighted by Gasteiger charge is 2.41. The molecular formula is C18H18ClN3O4S2. The molecule has 0 bridgehead atoms. The first-order valence-corrected chi connectivity index (χ1v) is 11.5. The maximum atomic E-state index is 13.4. The summed E-state index contributed by atoms with van der Waals surface area (Å²) in [5, 5.41) is 2.74. The van der Waals surface area contributed by atoms with E-state index < -0.39 is 16.1 Å². The molecule has 10 heteroatoms. The molecule has 0 radical (unpaired) electrons. The van der Waals surface area contributed by atoms with Gasteiger partial charge in [-0.3, -0.25) is 14.5 Å². The maximum Gasteiger partial charge on any atom is 0.253 e. The maximum absolute atomic E-state index is 13.4.